The molecule has 3 aromatic rings. The van der Waals surface area contributed by atoms with E-state index < -0.39 is 17.8 Å². The van der Waals surface area contributed by atoms with Gasteiger partial charge in [0.2, 0.25) is 0 Å². The van der Waals surface area contributed by atoms with E-state index in [0.29, 0.717) is 23.3 Å². The number of halogens is 1. The zero-order valence-corrected chi connectivity index (χ0v) is 16.1. The van der Waals surface area contributed by atoms with Gasteiger partial charge in [0, 0.05) is 23.8 Å². The summed E-state index contributed by atoms with van der Waals surface area (Å²) in [6.45, 7) is 6.67. The number of hydrogen-bond donors (Lipinski definition) is 0. The summed E-state index contributed by atoms with van der Waals surface area (Å²) in [5.41, 5.74) is 3.21. The van der Waals surface area contributed by atoms with Gasteiger partial charge in [-0.2, -0.15) is 0 Å². The monoisotopic (exact) mass is 402 g/mol. The van der Waals surface area contributed by atoms with Gasteiger partial charge in [0.05, 0.1) is 0 Å². The van der Waals surface area contributed by atoms with Gasteiger partial charge in [-0.15, -0.1) is 0 Å². The van der Waals surface area contributed by atoms with E-state index in [-0.39, 0.29) is 5.75 Å². The second-order valence-electron chi connectivity index (χ2n) is 6.41. The van der Waals surface area contributed by atoms with Crippen LogP contribution >= 0.6 is 0 Å². The van der Waals surface area contributed by atoms with Crippen LogP contribution in [0.4, 0.5) is 4.39 Å². The Morgan fingerprint density at radius 3 is 1.80 bits per heavy atom. The number of hydrogen-bond acceptors (Lipinski definition) is 4. The fourth-order valence-electron chi connectivity index (χ4n) is 2.82. The average molecular weight is 402 g/mol. The Labute approximate surface area is 173 Å². The highest BCUT2D eigenvalue weighted by molar-refractivity contribution is 5.83. The molecule has 0 aromatic heterocycles. The molecule has 0 heterocycles. The van der Waals surface area contributed by atoms with Crippen LogP contribution in [-0.4, -0.2) is 11.9 Å². The first-order chi connectivity index (χ1) is 14.5. The molecule has 3 rings (SSSR count). The van der Waals surface area contributed by atoms with Crippen LogP contribution in [0.1, 0.15) is 11.1 Å². The zero-order valence-electron chi connectivity index (χ0n) is 16.1. The molecule has 0 aliphatic heterocycles. The highest BCUT2D eigenvalue weighted by Crippen LogP contribution is 2.27. The van der Waals surface area contributed by atoms with Crippen molar-refractivity contribution in [1.82, 2.24) is 0 Å². The number of rotatable bonds is 7. The molecule has 4 nitrogen and oxygen atoms in total. The van der Waals surface area contributed by atoms with Crippen LogP contribution in [0.3, 0.4) is 0 Å². The van der Waals surface area contributed by atoms with Gasteiger partial charge in [0.25, 0.3) is 0 Å². The smallest absolute Gasteiger partial charge is 0.335 e. The third kappa shape index (κ3) is 5.29. The topological polar surface area (TPSA) is 52.6 Å². The van der Waals surface area contributed by atoms with E-state index in [4.69, 9.17) is 9.47 Å². The lowest BCUT2D eigenvalue weighted by Crippen LogP contribution is -2.03. The van der Waals surface area contributed by atoms with Gasteiger partial charge in [-0.1, -0.05) is 49.6 Å². The summed E-state index contributed by atoms with van der Waals surface area (Å²) in [5.74, 6) is -1.05. The summed E-state index contributed by atoms with van der Waals surface area (Å²) < 4.78 is 24.4. The van der Waals surface area contributed by atoms with Gasteiger partial charge < -0.3 is 9.47 Å². The van der Waals surface area contributed by atoms with Crippen molar-refractivity contribution >= 4 is 11.9 Å². The summed E-state index contributed by atoms with van der Waals surface area (Å²) in [7, 11) is 0. The molecule has 0 unspecified atom stereocenters. The lowest BCUT2D eigenvalue weighted by Gasteiger charge is -2.08. The van der Waals surface area contributed by atoms with Crippen molar-refractivity contribution in [2.24, 2.45) is 0 Å². The summed E-state index contributed by atoms with van der Waals surface area (Å²) in [5, 5.41) is 0. The molecule has 0 saturated heterocycles. The van der Waals surface area contributed by atoms with Crippen LogP contribution in [0, 0.1) is 5.82 Å². The predicted molar refractivity (Wildman–Crippen MR) is 113 cm³/mol. The van der Waals surface area contributed by atoms with Gasteiger partial charge in [-0.05, 0) is 47.4 Å². The molecule has 5 heteroatoms. The van der Waals surface area contributed by atoms with E-state index in [1.165, 1.54) is 12.1 Å². The third-order valence-electron chi connectivity index (χ3n) is 4.31. The average Bonchev–Trinajstić information content (AvgIpc) is 2.76. The molecule has 150 valence electrons. The first kappa shape index (κ1) is 20.7. The molecular formula is C25H19FO4. The van der Waals surface area contributed by atoms with Crippen LogP contribution < -0.4 is 9.47 Å². The lowest BCUT2D eigenvalue weighted by atomic mass is 10.00. The fraction of sp³-hybridized carbons (Fsp3) is 0.0400. The lowest BCUT2D eigenvalue weighted by molar-refractivity contribution is -0.129. The maximum atomic E-state index is 14.4. The molecular weight excluding hydrogens is 383 g/mol. The minimum Gasteiger partial charge on any atom is -0.423 e. The Morgan fingerprint density at radius 1 is 0.767 bits per heavy atom. The van der Waals surface area contributed by atoms with Crippen molar-refractivity contribution in [3.63, 3.8) is 0 Å². The van der Waals surface area contributed by atoms with Crippen LogP contribution in [-0.2, 0) is 16.0 Å². The highest BCUT2D eigenvalue weighted by Gasteiger charge is 2.09. The Balaban J connectivity index is 1.69. The van der Waals surface area contributed by atoms with E-state index in [0.717, 1.165) is 23.3 Å². The summed E-state index contributed by atoms with van der Waals surface area (Å²) in [4.78, 5) is 22.4. The molecule has 0 amide bonds. The summed E-state index contributed by atoms with van der Waals surface area (Å²) in [6.07, 6.45) is 2.81. The Kier molecular flexibility index (Phi) is 6.55. The van der Waals surface area contributed by atoms with Crippen LogP contribution in [0.15, 0.2) is 92.0 Å². The van der Waals surface area contributed by atoms with Gasteiger partial charge in [-0.25, -0.2) is 14.0 Å². The quantitative estimate of drug-likeness (QED) is 0.307. The van der Waals surface area contributed by atoms with Crippen LogP contribution in [0.5, 0.6) is 11.5 Å². The zero-order chi connectivity index (χ0) is 21.5. The summed E-state index contributed by atoms with van der Waals surface area (Å²) in [6, 6.07) is 19.0. The van der Waals surface area contributed by atoms with Crippen LogP contribution in [0.25, 0.3) is 11.1 Å². The van der Waals surface area contributed by atoms with Gasteiger partial charge >= 0.3 is 11.9 Å². The standard InChI is InChI=1S/C25H19FO4/c1-3-24(27)29-20-11-7-18(8-12-20)15-17-5-9-19(10-6-17)22-14-13-21(16-23(22)26)30-25(28)4-2/h3-14,16H,1-2,15H2. The Bertz CT molecular complexity index is 1080. The van der Waals surface area contributed by atoms with Crippen molar-refractivity contribution in [1.29, 1.82) is 0 Å². The fourth-order valence-corrected chi connectivity index (χ4v) is 2.82. The first-order valence-corrected chi connectivity index (χ1v) is 9.15. The third-order valence-corrected chi connectivity index (χ3v) is 4.31. The van der Waals surface area contributed by atoms with E-state index >= 15 is 0 Å². The normalized spacial score (nSPS) is 10.2. The Hall–Kier alpha value is -3.99. The van der Waals surface area contributed by atoms with Gasteiger partial charge in [0.1, 0.15) is 17.3 Å². The number of esters is 2. The van der Waals surface area contributed by atoms with E-state index in [9.17, 15) is 14.0 Å². The maximum absolute atomic E-state index is 14.4. The molecule has 0 saturated carbocycles. The molecule has 0 aliphatic rings. The number of carbonyl (C=O) groups is 2. The van der Waals surface area contributed by atoms with Crippen molar-refractivity contribution < 1.29 is 23.5 Å². The maximum Gasteiger partial charge on any atom is 0.335 e. The molecule has 0 N–H and O–H groups in total. The largest absolute Gasteiger partial charge is 0.423 e. The number of ether oxygens (including phenoxy) is 2. The Morgan fingerprint density at radius 2 is 1.27 bits per heavy atom. The molecule has 3 aromatic carbocycles. The van der Waals surface area contributed by atoms with Crippen molar-refractivity contribution in [2.45, 2.75) is 6.42 Å². The van der Waals surface area contributed by atoms with E-state index in [2.05, 4.69) is 13.2 Å². The second kappa shape index (κ2) is 9.47. The molecule has 0 aliphatic carbocycles. The number of benzene rings is 3. The van der Waals surface area contributed by atoms with Crippen LogP contribution in [0.2, 0.25) is 0 Å². The highest BCUT2D eigenvalue weighted by atomic mass is 19.1. The minimum absolute atomic E-state index is 0.125. The first-order valence-electron chi connectivity index (χ1n) is 9.15. The van der Waals surface area contributed by atoms with Crippen molar-refractivity contribution in [2.75, 3.05) is 0 Å². The van der Waals surface area contributed by atoms with Gasteiger partial charge in [-0.3, -0.25) is 0 Å². The number of carbonyl (C=O) groups excluding carboxylic acids is 2. The molecule has 0 fully saturated rings. The van der Waals surface area contributed by atoms with E-state index in [1.807, 2.05) is 36.4 Å². The van der Waals surface area contributed by atoms with E-state index in [1.54, 1.807) is 18.2 Å². The molecule has 0 atom stereocenters. The van der Waals surface area contributed by atoms with Crippen molar-refractivity contribution in [3.05, 3.63) is 109 Å². The molecule has 0 spiro atoms. The molecule has 0 bridgehead atoms. The summed E-state index contributed by atoms with van der Waals surface area (Å²) >= 11 is 0. The second-order valence-corrected chi connectivity index (χ2v) is 6.41. The van der Waals surface area contributed by atoms with Gasteiger partial charge in [0.15, 0.2) is 0 Å². The molecule has 30 heavy (non-hydrogen) atoms. The molecule has 0 radical (unpaired) electrons. The van der Waals surface area contributed by atoms with Crippen molar-refractivity contribution in [3.8, 4) is 22.6 Å². The minimum atomic E-state index is -0.640. The predicted octanol–water partition coefficient (Wildman–Crippen LogP) is 5.27. The SMILES string of the molecule is C=CC(=O)Oc1ccc(Cc2ccc(-c3ccc(OC(=O)C=C)cc3F)cc2)cc1.